The highest BCUT2D eigenvalue weighted by atomic mass is 19.4. The fourth-order valence-electron chi connectivity index (χ4n) is 1.76. The molecule has 0 aromatic carbocycles. The first-order valence-electron chi connectivity index (χ1n) is 7.41. The smallest absolute Gasteiger partial charge is 0.372 e. The van der Waals surface area contributed by atoms with Gasteiger partial charge in [0.25, 0.3) is 0 Å². The van der Waals surface area contributed by atoms with Crippen molar-refractivity contribution >= 4 is 5.96 Å². The minimum Gasteiger partial charge on any atom is -0.372 e. The highest BCUT2D eigenvalue weighted by Crippen LogP contribution is 2.14. The molecule has 1 atom stereocenters. The van der Waals surface area contributed by atoms with Crippen molar-refractivity contribution in [3.8, 4) is 0 Å². The summed E-state index contributed by atoms with van der Waals surface area (Å²) in [5.74, 6) is 1.03. The monoisotopic (exact) mass is 311 g/mol. The average Bonchev–Trinajstić information content (AvgIpc) is 2.31. The number of nitrogens with two attached hydrogens (primary N) is 1. The van der Waals surface area contributed by atoms with Crippen LogP contribution in [-0.2, 0) is 4.74 Å². The maximum atomic E-state index is 11.8. The molecule has 0 saturated heterocycles. The molecule has 0 rings (SSSR count). The van der Waals surface area contributed by atoms with Crippen LogP contribution < -0.4 is 11.1 Å². The lowest BCUT2D eigenvalue weighted by Crippen LogP contribution is -2.38. The molecule has 3 N–H and O–H groups in total. The Kier molecular flexibility index (Phi) is 10.2. The van der Waals surface area contributed by atoms with E-state index >= 15 is 0 Å². The van der Waals surface area contributed by atoms with Gasteiger partial charge in [0, 0.05) is 19.2 Å². The Labute approximate surface area is 125 Å². The standard InChI is InChI=1S/C14H28F3N3O/c1-11(2)6-4-7-12(3)20-13(18)19-8-5-9-21-10-14(15,16)17/h11-12H,4-10H2,1-3H3,(H3,18,19,20). The number of halogens is 3. The topological polar surface area (TPSA) is 59.6 Å². The molecule has 0 aromatic rings. The SMILES string of the molecule is CC(C)CCCC(C)NC(N)=NCCCOCC(F)(F)F. The summed E-state index contributed by atoms with van der Waals surface area (Å²) in [6.07, 6.45) is -0.525. The lowest BCUT2D eigenvalue weighted by atomic mass is 10.0. The number of nitrogens with one attached hydrogen (secondary N) is 1. The summed E-state index contributed by atoms with van der Waals surface area (Å²) in [7, 11) is 0. The van der Waals surface area contributed by atoms with Crippen molar-refractivity contribution in [2.24, 2.45) is 16.6 Å². The molecule has 21 heavy (non-hydrogen) atoms. The van der Waals surface area contributed by atoms with E-state index in [1.54, 1.807) is 0 Å². The maximum absolute atomic E-state index is 11.8. The summed E-state index contributed by atoms with van der Waals surface area (Å²) >= 11 is 0. The maximum Gasteiger partial charge on any atom is 0.411 e. The number of guanidine groups is 1. The summed E-state index contributed by atoms with van der Waals surface area (Å²) < 4.78 is 39.9. The van der Waals surface area contributed by atoms with Crippen LogP contribution in [0.4, 0.5) is 13.2 Å². The quantitative estimate of drug-likeness (QED) is 0.370. The van der Waals surface area contributed by atoms with Crippen molar-refractivity contribution in [2.45, 2.75) is 58.7 Å². The second kappa shape index (κ2) is 10.7. The first-order chi connectivity index (χ1) is 9.70. The average molecular weight is 311 g/mol. The molecule has 0 amide bonds. The van der Waals surface area contributed by atoms with E-state index in [4.69, 9.17) is 5.73 Å². The first-order valence-corrected chi connectivity index (χ1v) is 7.41. The Hall–Kier alpha value is -0.980. The zero-order valence-corrected chi connectivity index (χ0v) is 13.2. The summed E-state index contributed by atoms with van der Waals surface area (Å²) in [5, 5.41) is 3.08. The van der Waals surface area contributed by atoms with Crippen LogP contribution in [0.3, 0.4) is 0 Å². The molecule has 0 aromatic heterocycles. The van der Waals surface area contributed by atoms with E-state index in [0.29, 0.717) is 24.8 Å². The Morgan fingerprint density at radius 3 is 2.43 bits per heavy atom. The van der Waals surface area contributed by atoms with Crippen molar-refractivity contribution in [3.05, 3.63) is 0 Å². The van der Waals surface area contributed by atoms with Crippen LogP contribution >= 0.6 is 0 Å². The van der Waals surface area contributed by atoms with Crippen LogP contribution in [0.5, 0.6) is 0 Å². The fraction of sp³-hybridized carbons (Fsp3) is 0.929. The van der Waals surface area contributed by atoms with Crippen LogP contribution in [0.15, 0.2) is 4.99 Å². The number of hydrogen-bond donors (Lipinski definition) is 2. The van der Waals surface area contributed by atoms with Crippen LogP contribution in [-0.4, -0.2) is 37.9 Å². The Morgan fingerprint density at radius 1 is 1.19 bits per heavy atom. The lowest BCUT2D eigenvalue weighted by molar-refractivity contribution is -0.173. The van der Waals surface area contributed by atoms with Gasteiger partial charge in [-0.05, 0) is 25.7 Å². The van der Waals surface area contributed by atoms with Gasteiger partial charge in [-0.15, -0.1) is 0 Å². The molecule has 0 heterocycles. The normalized spacial score (nSPS) is 14.5. The third-order valence-electron chi connectivity index (χ3n) is 2.81. The van der Waals surface area contributed by atoms with E-state index in [1.807, 2.05) is 6.92 Å². The van der Waals surface area contributed by atoms with E-state index in [-0.39, 0.29) is 12.6 Å². The van der Waals surface area contributed by atoms with Crippen molar-refractivity contribution in [2.75, 3.05) is 19.8 Å². The molecule has 1 unspecified atom stereocenters. The molecule has 4 nitrogen and oxygen atoms in total. The number of aliphatic imine (C=N–C) groups is 1. The molecular weight excluding hydrogens is 283 g/mol. The predicted octanol–water partition coefficient (Wildman–Crippen LogP) is 3.07. The minimum atomic E-state index is -4.27. The van der Waals surface area contributed by atoms with Crippen LogP contribution in [0, 0.1) is 5.92 Å². The van der Waals surface area contributed by atoms with Crippen LogP contribution in [0.1, 0.15) is 46.5 Å². The summed E-state index contributed by atoms with van der Waals surface area (Å²) in [6, 6.07) is 0.244. The van der Waals surface area contributed by atoms with Gasteiger partial charge in [-0.2, -0.15) is 13.2 Å². The second-order valence-corrected chi connectivity index (χ2v) is 5.66. The van der Waals surface area contributed by atoms with Gasteiger partial charge in [0.15, 0.2) is 5.96 Å². The third-order valence-corrected chi connectivity index (χ3v) is 2.81. The van der Waals surface area contributed by atoms with Gasteiger partial charge in [-0.1, -0.05) is 26.7 Å². The van der Waals surface area contributed by atoms with Crippen molar-refractivity contribution in [1.29, 1.82) is 0 Å². The molecule has 0 saturated carbocycles. The highest BCUT2D eigenvalue weighted by Gasteiger charge is 2.27. The molecule has 0 spiro atoms. The van der Waals surface area contributed by atoms with Crippen molar-refractivity contribution in [1.82, 2.24) is 5.32 Å². The van der Waals surface area contributed by atoms with Gasteiger partial charge < -0.3 is 15.8 Å². The Balaban J connectivity index is 3.64. The van der Waals surface area contributed by atoms with Gasteiger partial charge in [-0.25, -0.2) is 0 Å². The van der Waals surface area contributed by atoms with Gasteiger partial charge in [-0.3, -0.25) is 4.99 Å². The molecule has 0 aliphatic heterocycles. The molecule has 0 fully saturated rings. The molecule has 7 heteroatoms. The van der Waals surface area contributed by atoms with Crippen molar-refractivity contribution in [3.63, 3.8) is 0 Å². The molecule has 0 aliphatic carbocycles. The first kappa shape index (κ1) is 20.0. The number of hydrogen-bond acceptors (Lipinski definition) is 2. The predicted molar refractivity (Wildman–Crippen MR) is 79.3 cm³/mol. The number of alkyl halides is 3. The number of ether oxygens (including phenoxy) is 1. The number of nitrogens with zero attached hydrogens (tertiary/aromatic N) is 1. The summed E-state index contributed by atoms with van der Waals surface area (Å²) in [5.41, 5.74) is 5.71. The van der Waals surface area contributed by atoms with Gasteiger partial charge >= 0.3 is 6.18 Å². The minimum absolute atomic E-state index is 0.0280. The van der Waals surface area contributed by atoms with E-state index in [0.717, 1.165) is 12.8 Å². The fourth-order valence-corrected chi connectivity index (χ4v) is 1.76. The van der Waals surface area contributed by atoms with E-state index in [2.05, 4.69) is 28.9 Å². The zero-order chi connectivity index (χ0) is 16.3. The molecule has 0 radical (unpaired) electrons. The third kappa shape index (κ3) is 15.2. The Bertz CT molecular complexity index is 294. The highest BCUT2D eigenvalue weighted by molar-refractivity contribution is 5.78. The molecule has 0 aliphatic rings. The summed E-state index contributed by atoms with van der Waals surface area (Å²) in [6.45, 7) is 5.59. The van der Waals surface area contributed by atoms with Crippen LogP contribution in [0.25, 0.3) is 0 Å². The number of rotatable bonds is 10. The largest absolute Gasteiger partial charge is 0.411 e. The van der Waals surface area contributed by atoms with Crippen LogP contribution in [0.2, 0.25) is 0 Å². The van der Waals surface area contributed by atoms with Crippen molar-refractivity contribution < 1.29 is 17.9 Å². The second-order valence-electron chi connectivity index (χ2n) is 5.66. The zero-order valence-electron chi connectivity index (χ0n) is 13.2. The lowest BCUT2D eigenvalue weighted by Gasteiger charge is -2.15. The van der Waals surface area contributed by atoms with E-state index in [1.165, 1.54) is 6.42 Å². The van der Waals surface area contributed by atoms with E-state index < -0.39 is 12.8 Å². The molecular formula is C14H28F3N3O. The van der Waals surface area contributed by atoms with E-state index in [9.17, 15) is 13.2 Å². The molecule has 0 bridgehead atoms. The molecule has 126 valence electrons. The van der Waals surface area contributed by atoms with Gasteiger partial charge in [0.05, 0.1) is 0 Å². The van der Waals surface area contributed by atoms with Gasteiger partial charge in [0.2, 0.25) is 0 Å². The van der Waals surface area contributed by atoms with Gasteiger partial charge in [0.1, 0.15) is 6.61 Å². The summed E-state index contributed by atoms with van der Waals surface area (Å²) in [4.78, 5) is 4.06. The Morgan fingerprint density at radius 2 is 1.86 bits per heavy atom.